The van der Waals surface area contributed by atoms with E-state index in [1.807, 2.05) is 0 Å². The van der Waals surface area contributed by atoms with Crippen LogP contribution in [0.4, 0.5) is 0 Å². The minimum Gasteiger partial charge on any atom is -0.543 e. The van der Waals surface area contributed by atoms with Crippen molar-refractivity contribution < 1.29 is 58.6 Å². The second kappa shape index (κ2) is 8.82. The SMILES string of the molecule is CC(=O)OCC1=C(C(=O)[O-])N2C(=O)[C@H](NC(=O)Cn3cnnn3)[C@@H]2SC1.[Na+]. The number of ether oxygens (including phenoxy) is 1. The molecule has 138 valence electrons. The molecule has 1 fully saturated rings. The number of carboxylic acid groups (broad SMARTS) is 1. The number of β-lactam (4-membered cyclic amide) rings is 1. The van der Waals surface area contributed by atoms with Crippen LogP contribution >= 0.6 is 11.8 Å². The third-order valence-corrected chi connectivity index (χ3v) is 5.04. The Morgan fingerprint density at radius 2 is 2.19 bits per heavy atom. The normalized spacial score (nSPS) is 20.9. The van der Waals surface area contributed by atoms with E-state index in [4.69, 9.17) is 4.74 Å². The first-order valence-corrected chi connectivity index (χ1v) is 8.45. The molecule has 2 amide bonds. The Balaban J connectivity index is 0.00000261. The number of fused-ring (bicyclic) bond motifs is 1. The van der Waals surface area contributed by atoms with Gasteiger partial charge in [-0.15, -0.1) is 16.9 Å². The topological polar surface area (TPSA) is 159 Å². The molecule has 1 aromatic rings. The van der Waals surface area contributed by atoms with Crippen molar-refractivity contribution in [2.75, 3.05) is 12.4 Å². The second-order valence-corrected chi connectivity index (χ2v) is 6.59. The van der Waals surface area contributed by atoms with Crippen LogP contribution in [-0.2, 0) is 30.5 Å². The summed E-state index contributed by atoms with van der Waals surface area (Å²) in [5.41, 5.74) is -0.0424. The van der Waals surface area contributed by atoms with Gasteiger partial charge in [0.15, 0.2) is 0 Å². The average molecular weight is 404 g/mol. The van der Waals surface area contributed by atoms with Crippen molar-refractivity contribution in [1.29, 1.82) is 0 Å². The molecule has 0 spiro atoms. The summed E-state index contributed by atoms with van der Waals surface area (Å²) in [5.74, 6) is -2.94. The van der Waals surface area contributed by atoms with Crippen LogP contribution in [0.2, 0.25) is 0 Å². The Bertz CT molecular complexity index is 799. The summed E-state index contributed by atoms with van der Waals surface area (Å²) in [6, 6.07) is -0.867. The monoisotopic (exact) mass is 404 g/mol. The zero-order valence-corrected chi connectivity index (χ0v) is 17.3. The van der Waals surface area contributed by atoms with E-state index in [9.17, 15) is 24.3 Å². The summed E-state index contributed by atoms with van der Waals surface area (Å²) in [4.78, 5) is 47.8. The molecule has 0 unspecified atom stereocenters. The van der Waals surface area contributed by atoms with Crippen LogP contribution in [-0.4, -0.2) is 72.6 Å². The minimum atomic E-state index is -1.54. The summed E-state index contributed by atoms with van der Waals surface area (Å²) in [7, 11) is 0. The largest absolute Gasteiger partial charge is 1.00 e. The van der Waals surface area contributed by atoms with Crippen molar-refractivity contribution >= 4 is 35.5 Å². The Hall–Kier alpha value is -1.96. The predicted molar refractivity (Wildman–Crippen MR) is 81.5 cm³/mol. The number of rotatable bonds is 6. The Kier molecular flexibility index (Phi) is 6.97. The third-order valence-electron chi connectivity index (χ3n) is 3.70. The van der Waals surface area contributed by atoms with E-state index in [0.29, 0.717) is 0 Å². The van der Waals surface area contributed by atoms with Crippen LogP contribution in [0.1, 0.15) is 6.92 Å². The summed E-state index contributed by atoms with van der Waals surface area (Å²) >= 11 is 1.26. The van der Waals surface area contributed by atoms with Gasteiger partial charge < -0.3 is 20.0 Å². The minimum absolute atomic E-state index is 0. The maximum absolute atomic E-state index is 12.4. The van der Waals surface area contributed by atoms with E-state index in [-0.39, 0.29) is 59.7 Å². The van der Waals surface area contributed by atoms with Gasteiger partial charge in [0.1, 0.15) is 30.9 Å². The number of aliphatic carboxylic acids is 1. The van der Waals surface area contributed by atoms with Crippen molar-refractivity contribution in [2.45, 2.75) is 24.9 Å². The number of nitrogens with one attached hydrogen (secondary N) is 1. The van der Waals surface area contributed by atoms with Gasteiger partial charge in [-0.25, -0.2) is 4.68 Å². The van der Waals surface area contributed by atoms with Gasteiger partial charge in [-0.3, -0.25) is 19.3 Å². The predicted octanol–water partition coefficient (Wildman–Crippen LogP) is -6.36. The summed E-state index contributed by atoms with van der Waals surface area (Å²) in [5, 5.41) is 23.8. The molecule has 12 nitrogen and oxygen atoms in total. The number of esters is 1. The molecule has 3 rings (SSSR count). The summed E-state index contributed by atoms with van der Waals surface area (Å²) in [6.45, 7) is 0.788. The van der Waals surface area contributed by atoms with Gasteiger partial charge in [-0.1, -0.05) is 0 Å². The quantitative estimate of drug-likeness (QED) is 0.274. The van der Waals surface area contributed by atoms with E-state index in [1.54, 1.807) is 0 Å². The van der Waals surface area contributed by atoms with Crippen LogP contribution in [0.5, 0.6) is 0 Å². The summed E-state index contributed by atoms with van der Waals surface area (Å²) in [6.07, 6.45) is 1.25. The maximum atomic E-state index is 12.4. The number of thioether (sulfide) groups is 1. The van der Waals surface area contributed by atoms with Gasteiger partial charge in [-0.05, 0) is 10.4 Å². The molecular formula is C13H13N6NaO6S. The number of aromatic nitrogens is 4. The van der Waals surface area contributed by atoms with Crippen molar-refractivity contribution in [2.24, 2.45) is 0 Å². The van der Waals surface area contributed by atoms with E-state index in [1.165, 1.54) is 29.7 Å². The van der Waals surface area contributed by atoms with Crippen LogP contribution in [0.25, 0.3) is 0 Å². The number of carbonyl (C=O) groups is 4. The molecule has 0 bridgehead atoms. The molecule has 0 aliphatic carbocycles. The molecular weight excluding hydrogens is 391 g/mol. The smallest absolute Gasteiger partial charge is 0.543 e. The van der Waals surface area contributed by atoms with Gasteiger partial charge in [0.25, 0.3) is 5.91 Å². The molecule has 27 heavy (non-hydrogen) atoms. The van der Waals surface area contributed by atoms with Gasteiger partial charge in [0.2, 0.25) is 5.91 Å². The van der Waals surface area contributed by atoms with E-state index >= 15 is 0 Å². The average Bonchev–Trinajstić information content (AvgIpc) is 3.09. The van der Waals surface area contributed by atoms with E-state index < -0.39 is 35.2 Å². The van der Waals surface area contributed by atoms with Gasteiger partial charge in [-0.2, -0.15) is 0 Å². The maximum Gasteiger partial charge on any atom is 1.00 e. The second-order valence-electron chi connectivity index (χ2n) is 5.48. The molecule has 0 aromatic carbocycles. The molecule has 1 aromatic heterocycles. The Morgan fingerprint density at radius 3 is 2.78 bits per heavy atom. The van der Waals surface area contributed by atoms with Crippen molar-refractivity contribution in [3.05, 3.63) is 17.6 Å². The molecule has 2 atom stereocenters. The first-order valence-electron chi connectivity index (χ1n) is 7.40. The number of hydrogen-bond acceptors (Lipinski definition) is 10. The van der Waals surface area contributed by atoms with Crippen molar-refractivity contribution in [3.8, 4) is 0 Å². The molecule has 1 N–H and O–H groups in total. The number of amides is 2. The fraction of sp³-hybridized carbons (Fsp3) is 0.462. The van der Waals surface area contributed by atoms with Crippen LogP contribution in [0.15, 0.2) is 17.6 Å². The fourth-order valence-electron chi connectivity index (χ4n) is 2.59. The molecule has 2 aliphatic rings. The van der Waals surface area contributed by atoms with E-state index in [0.717, 1.165) is 4.90 Å². The first-order chi connectivity index (χ1) is 12.4. The van der Waals surface area contributed by atoms with Crippen LogP contribution in [0, 0.1) is 0 Å². The number of carboxylic acids is 1. The first kappa shape index (κ1) is 21.3. The molecule has 0 saturated carbocycles. The molecule has 2 aliphatic heterocycles. The molecule has 0 radical (unpaired) electrons. The van der Waals surface area contributed by atoms with Gasteiger partial charge in [0.05, 0.1) is 11.7 Å². The molecule has 14 heteroatoms. The standard InChI is InChI=1S/C13H14N6O6S.Na/c1-6(20)25-3-7-4-26-12-9(11(22)19(12)10(7)13(23)24)15-8(21)2-18-5-14-16-17-18;/h5,9,12H,2-4H2,1H3,(H,15,21)(H,23,24);/q;+1/p-1/t9-,12-;/m0./s1. The Labute approximate surface area is 178 Å². The number of tetrazole rings is 1. The van der Waals surface area contributed by atoms with Crippen molar-refractivity contribution in [1.82, 2.24) is 30.4 Å². The van der Waals surface area contributed by atoms with E-state index in [2.05, 4.69) is 20.8 Å². The van der Waals surface area contributed by atoms with Gasteiger partial charge in [0, 0.05) is 18.2 Å². The number of nitrogens with zero attached hydrogens (tertiary/aromatic N) is 5. The zero-order chi connectivity index (χ0) is 18.8. The third kappa shape index (κ3) is 4.48. The molecule has 3 heterocycles. The summed E-state index contributed by atoms with van der Waals surface area (Å²) < 4.78 is 6.01. The van der Waals surface area contributed by atoms with Crippen molar-refractivity contribution in [3.63, 3.8) is 0 Å². The number of hydrogen-bond donors (Lipinski definition) is 1. The van der Waals surface area contributed by atoms with Crippen LogP contribution in [0.3, 0.4) is 0 Å². The number of carbonyl (C=O) groups excluding carboxylic acids is 4. The van der Waals surface area contributed by atoms with Crippen LogP contribution < -0.4 is 40.0 Å². The Morgan fingerprint density at radius 1 is 1.44 bits per heavy atom. The fourth-order valence-corrected chi connectivity index (χ4v) is 3.92. The zero-order valence-electron chi connectivity index (χ0n) is 14.4. The van der Waals surface area contributed by atoms with Gasteiger partial charge >= 0.3 is 35.5 Å². The molecule has 1 saturated heterocycles.